The van der Waals surface area contributed by atoms with E-state index in [0.29, 0.717) is 17.4 Å². The second-order valence-electron chi connectivity index (χ2n) is 8.11. The minimum Gasteiger partial charge on any atom is -0.317 e. The summed E-state index contributed by atoms with van der Waals surface area (Å²) in [5, 5.41) is 3.38. The Bertz CT molecular complexity index is 1090. The highest BCUT2D eigenvalue weighted by molar-refractivity contribution is 7.92. The highest BCUT2D eigenvalue weighted by Crippen LogP contribution is 2.36. The van der Waals surface area contributed by atoms with Crippen LogP contribution in [-0.4, -0.2) is 28.1 Å². The molecule has 4 nitrogen and oxygen atoms in total. The highest BCUT2D eigenvalue weighted by atomic mass is 32.2. The molecule has 162 valence electrons. The zero-order chi connectivity index (χ0) is 21.7. The van der Waals surface area contributed by atoms with Crippen LogP contribution in [0.3, 0.4) is 0 Å². The molecule has 1 N–H and O–H groups in total. The Morgan fingerprint density at radius 2 is 1.55 bits per heavy atom. The topological polar surface area (TPSA) is 49.4 Å². The molecule has 5 heteroatoms. The van der Waals surface area contributed by atoms with Crippen LogP contribution in [0.4, 0.5) is 5.69 Å². The van der Waals surface area contributed by atoms with Crippen LogP contribution in [0.15, 0.2) is 83.8 Å². The lowest BCUT2D eigenvalue weighted by Gasteiger charge is -2.32. The molecule has 1 fully saturated rings. The molecule has 1 aliphatic rings. The summed E-state index contributed by atoms with van der Waals surface area (Å²) in [4.78, 5) is 0.336. The molecule has 0 bridgehead atoms. The van der Waals surface area contributed by atoms with Crippen LogP contribution in [-0.2, 0) is 16.4 Å². The Labute approximate surface area is 186 Å². The van der Waals surface area contributed by atoms with Crippen molar-refractivity contribution in [2.45, 2.75) is 31.1 Å². The second-order valence-corrected chi connectivity index (χ2v) is 9.98. The van der Waals surface area contributed by atoms with Crippen LogP contribution < -0.4 is 9.62 Å². The van der Waals surface area contributed by atoms with Gasteiger partial charge in [0.1, 0.15) is 0 Å². The van der Waals surface area contributed by atoms with Gasteiger partial charge in [-0.25, -0.2) is 8.42 Å². The van der Waals surface area contributed by atoms with E-state index in [0.717, 1.165) is 49.2 Å². The van der Waals surface area contributed by atoms with E-state index in [2.05, 4.69) is 36.5 Å². The van der Waals surface area contributed by atoms with Crippen LogP contribution in [0.2, 0.25) is 0 Å². The number of nitrogens with one attached hydrogen (secondary N) is 1. The Kier molecular flexibility index (Phi) is 6.73. The van der Waals surface area contributed by atoms with Crippen LogP contribution in [0.5, 0.6) is 0 Å². The quantitative estimate of drug-likeness (QED) is 0.562. The molecule has 0 saturated carbocycles. The van der Waals surface area contributed by atoms with Crippen LogP contribution in [0.25, 0.3) is 11.1 Å². The van der Waals surface area contributed by atoms with E-state index < -0.39 is 10.0 Å². The van der Waals surface area contributed by atoms with Crippen molar-refractivity contribution in [1.29, 1.82) is 0 Å². The van der Waals surface area contributed by atoms with E-state index in [1.54, 1.807) is 28.6 Å². The van der Waals surface area contributed by atoms with Crippen molar-refractivity contribution in [1.82, 2.24) is 5.32 Å². The monoisotopic (exact) mass is 434 g/mol. The summed E-state index contributed by atoms with van der Waals surface area (Å²) >= 11 is 0. The number of hydrogen-bond donors (Lipinski definition) is 1. The number of rotatable bonds is 7. The van der Waals surface area contributed by atoms with Crippen LogP contribution >= 0.6 is 0 Å². The summed E-state index contributed by atoms with van der Waals surface area (Å²) in [6.07, 6.45) is 2.86. The van der Waals surface area contributed by atoms with Crippen molar-refractivity contribution < 1.29 is 8.42 Å². The van der Waals surface area contributed by atoms with E-state index in [-0.39, 0.29) is 0 Å². The molecule has 0 spiro atoms. The van der Waals surface area contributed by atoms with Gasteiger partial charge in [-0.15, -0.1) is 0 Å². The number of aryl methyl sites for hydroxylation is 1. The normalized spacial score (nSPS) is 15.0. The average molecular weight is 435 g/mol. The third kappa shape index (κ3) is 4.83. The fourth-order valence-corrected chi connectivity index (χ4v) is 5.79. The van der Waals surface area contributed by atoms with E-state index in [1.165, 1.54) is 5.56 Å². The third-order valence-corrected chi connectivity index (χ3v) is 7.83. The maximum absolute atomic E-state index is 13.9. The van der Waals surface area contributed by atoms with Crippen molar-refractivity contribution in [3.8, 4) is 11.1 Å². The van der Waals surface area contributed by atoms with Gasteiger partial charge in [0, 0.05) is 12.1 Å². The summed E-state index contributed by atoms with van der Waals surface area (Å²) < 4.78 is 29.4. The zero-order valence-electron chi connectivity index (χ0n) is 18.0. The highest BCUT2D eigenvalue weighted by Gasteiger charge is 2.30. The largest absolute Gasteiger partial charge is 0.317 e. The molecular weight excluding hydrogens is 404 g/mol. The molecule has 0 amide bonds. The van der Waals surface area contributed by atoms with Gasteiger partial charge in [0.25, 0.3) is 10.0 Å². The SMILES string of the molecule is CCc1ccc(N(CC2CCNCC2)S(=O)(=O)c2ccccc2)c(-c2ccccc2)c1. The van der Waals surface area contributed by atoms with Gasteiger partial charge in [0.15, 0.2) is 0 Å². The summed E-state index contributed by atoms with van der Waals surface area (Å²) in [5.41, 5.74) is 3.95. The molecule has 4 rings (SSSR count). The number of piperidine rings is 1. The Hall–Kier alpha value is -2.63. The molecule has 1 heterocycles. The van der Waals surface area contributed by atoms with Gasteiger partial charge in [0.05, 0.1) is 10.6 Å². The Morgan fingerprint density at radius 1 is 0.903 bits per heavy atom. The molecule has 0 aliphatic carbocycles. The van der Waals surface area contributed by atoms with E-state index in [9.17, 15) is 8.42 Å². The maximum Gasteiger partial charge on any atom is 0.264 e. The molecular formula is C26H30N2O2S. The fourth-order valence-electron chi connectivity index (χ4n) is 4.21. The van der Waals surface area contributed by atoms with Gasteiger partial charge in [-0.3, -0.25) is 4.31 Å². The first-order chi connectivity index (χ1) is 15.1. The number of benzene rings is 3. The summed E-state index contributed by atoms with van der Waals surface area (Å²) in [6, 6.07) is 25.1. The molecule has 0 unspecified atom stereocenters. The van der Waals surface area contributed by atoms with Gasteiger partial charge < -0.3 is 5.32 Å². The number of anilines is 1. The first-order valence-electron chi connectivity index (χ1n) is 11.1. The summed E-state index contributed by atoms with van der Waals surface area (Å²) in [6.45, 7) is 4.48. The first-order valence-corrected chi connectivity index (χ1v) is 12.5. The minimum atomic E-state index is -3.69. The molecule has 0 atom stereocenters. The third-order valence-electron chi connectivity index (χ3n) is 6.04. The summed E-state index contributed by atoms with van der Waals surface area (Å²) in [7, 11) is -3.69. The molecule has 0 aromatic heterocycles. The second kappa shape index (κ2) is 9.67. The molecule has 31 heavy (non-hydrogen) atoms. The van der Waals surface area contributed by atoms with Crippen molar-refractivity contribution in [3.05, 3.63) is 84.4 Å². The molecule has 0 radical (unpaired) electrons. The van der Waals surface area contributed by atoms with Gasteiger partial charge in [-0.1, -0.05) is 61.5 Å². The van der Waals surface area contributed by atoms with Gasteiger partial charge >= 0.3 is 0 Å². The van der Waals surface area contributed by atoms with E-state index in [4.69, 9.17) is 0 Å². The molecule has 1 saturated heterocycles. The lowest BCUT2D eigenvalue weighted by Crippen LogP contribution is -2.39. The van der Waals surface area contributed by atoms with Crippen LogP contribution in [0.1, 0.15) is 25.3 Å². The standard InChI is InChI=1S/C26H30N2O2S/c1-2-21-13-14-26(25(19-21)23-9-5-3-6-10-23)28(20-22-15-17-27-18-16-22)31(29,30)24-11-7-4-8-12-24/h3-14,19,22,27H,2,15-18,20H2,1H3. The van der Waals surface area contributed by atoms with Crippen molar-refractivity contribution in [3.63, 3.8) is 0 Å². The maximum atomic E-state index is 13.9. The van der Waals surface area contributed by atoms with Gasteiger partial charge in [-0.2, -0.15) is 0 Å². The van der Waals surface area contributed by atoms with E-state index in [1.807, 2.05) is 30.3 Å². The predicted octanol–water partition coefficient (Wildman–Crippen LogP) is 5.11. The summed E-state index contributed by atoms with van der Waals surface area (Å²) in [5.74, 6) is 0.328. The Balaban J connectivity index is 1.85. The fraction of sp³-hybridized carbons (Fsp3) is 0.308. The average Bonchev–Trinajstić information content (AvgIpc) is 2.84. The molecule has 3 aromatic rings. The lowest BCUT2D eigenvalue weighted by atomic mass is 9.96. The van der Waals surface area contributed by atoms with E-state index >= 15 is 0 Å². The minimum absolute atomic E-state index is 0.328. The molecule has 3 aromatic carbocycles. The van der Waals surface area contributed by atoms with Crippen LogP contribution in [0, 0.1) is 5.92 Å². The Morgan fingerprint density at radius 3 is 2.19 bits per heavy atom. The molecule has 1 aliphatic heterocycles. The van der Waals surface area contributed by atoms with Gasteiger partial charge in [0.2, 0.25) is 0 Å². The van der Waals surface area contributed by atoms with Crippen molar-refractivity contribution >= 4 is 15.7 Å². The van der Waals surface area contributed by atoms with Crippen molar-refractivity contribution in [2.75, 3.05) is 23.9 Å². The number of nitrogens with zero attached hydrogens (tertiary/aromatic N) is 1. The zero-order valence-corrected chi connectivity index (χ0v) is 18.8. The predicted molar refractivity (Wildman–Crippen MR) is 128 cm³/mol. The number of sulfonamides is 1. The lowest BCUT2D eigenvalue weighted by molar-refractivity contribution is 0.382. The first kappa shape index (κ1) is 21.6. The van der Waals surface area contributed by atoms with Crippen molar-refractivity contribution in [2.24, 2.45) is 5.92 Å². The smallest absolute Gasteiger partial charge is 0.264 e. The van der Waals surface area contributed by atoms with Gasteiger partial charge in [-0.05, 0) is 73.7 Å². The number of hydrogen-bond acceptors (Lipinski definition) is 3.